The third-order valence-electron chi connectivity index (χ3n) is 5.97. The van der Waals surface area contributed by atoms with E-state index in [1.165, 1.54) is 23.3 Å². The maximum Gasteiger partial charge on any atom is 0.352 e. The van der Waals surface area contributed by atoms with Crippen molar-refractivity contribution in [3.63, 3.8) is 0 Å². The fourth-order valence-corrected chi connectivity index (χ4v) is 4.21. The molecule has 0 saturated carbocycles. The van der Waals surface area contributed by atoms with Gasteiger partial charge < -0.3 is 19.7 Å². The highest BCUT2D eigenvalue weighted by atomic mass is 19.1. The number of halogens is 1. The van der Waals surface area contributed by atoms with Crippen LogP contribution in [0.2, 0.25) is 0 Å². The van der Waals surface area contributed by atoms with E-state index in [0.29, 0.717) is 18.8 Å². The van der Waals surface area contributed by atoms with Crippen LogP contribution in [0.1, 0.15) is 32.7 Å². The van der Waals surface area contributed by atoms with Gasteiger partial charge in [0.25, 0.3) is 0 Å². The molecule has 1 aromatic heterocycles. The van der Waals surface area contributed by atoms with Gasteiger partial charge in [-0.15, -0.1) is 0 Å². The van der Waals surface area contributed by atoms with Crippen molar-refractivity contribution >= 4 is 16.9 Å². The van der Waals surface area contributed by atoms with Crippen molar-refractivity contribution in [3.05, 3.63) is 100 Å². The van der Waals surface area contributed by atoms with E-state index in [0.717, 1.165) is 35.0 Å². The van der Waals surface area contributed by atoms with Crippen molar-refractivity contribution in [2.24, 2.45) is 0 Å². The van der Waals surface area contributed by atoms with Crippen molar-refractivity contribution < 1.29 is 19.0 Å². The van der Waals surface area contributed by atoms with E-state index < -0.39 is 5.97 Å². The van der Waals surface area contributed by atoms with Crippen LogP contribution < -0.4 is 10.1 Å². The van der Waals surface area contributed by atoms with E-state index in [-0.39, 0.29) is 11.5 Å². The van der Waals surface area contributed by atoms with Crippen molar-refractivity contribution in [2.75, 3.05) is 13.7 Å². The molecule has 0 unspecified atom stereocenters. The number of ether oxygens (including phenoxy) is 1. The molecule has 170 valence electrons. The Morgan fingerprint density at radius 3 is 2.55 bits per heavy atom. The molecule has 0 spiro atoms. The standard InChI is InChI=1S/C27H27FN2O3/c1-18-5-3-4-6-20(18)13-14-29-16-24-23-12-11-22(33-2)15-25(23)30(26(24)27(31)32)17-19-7-9-21(28)10-8-19/h3-12,15,29H,13-14,16-17H2,1-2H3,(H,31,32). The summed E-state index contributed by atoms with van der Waals surface area (Å²) in [6.45, 7) is 3.56. The van der Waals surface area contributed by atoms with Gasteiger partial charge in [-0.1, -0.05) is 36.4 Å². The molecule has 4 aromatic rings. The van der Waals surface area contributed by atoms with Crippen LogP contribution in [0.3, 0.4) is 0 Å². The van der Waals surface area contributed by atoms with Gasteiger partial charge in [-0.3, -0.25) is 0 Å². The highest BCUT2D eigenvalue weighted by molar-refractivity contribution is 5.98. The average Bonchev–Trinajstić information content (AvgIpc) is 3.12. The molecule has 4 rings (SSSR count). The smallest absolute Gasteiger partial charge is 0.352 e. The van der Waals surface area contributed by atoms with Crippen molar-refractivity contribution in [1.82, 2.24) is 9.88 Å². The molecule has 1 heterocycles. The van der Waals surface area contributed by atoms with Crippen LogP contribution in [0.5, 0.6) is 5.75 Å². The van der Waals surface area contributed by atoms with Gasteiger partial charge in [0.2, 0.25) is 0 Å². The summed E-state index contributed by atoms with van der Waals surface area (Å²) in [5.41, 5.74) is 5.06. The van der Waals surface area contributed by atoms with Gasteiger partial charge in [0.05, 0.1) is 12.6 Å². The second kappa shape index (κ2) is 9.88. The molecule has 0 aliphatic carbocycles. The number of carbonyl (C=O) groups is 1. The Morgan fingerprint density at radius 1 is 1.09 bits per heavy atom. The van der Waals surface area contributed by atoms with E-state index in [4.69, 9.17) is 4.74 Å². The number of aromatic nitrogens is 1. The Bertz CT molecular complexity index is 1280. The number of hydrogen-bond acceptors (Lipinski definition) is 3. The fourth-order valence-electron chi connectivity index (χ4n) is 4.21. The summed E-state index contributed by atoms with van der Waals surface area (Å²) in [5, 5.41) is 14.4. The average molecular weight is 447 g/mol. The van der Waals surface area contributed by atoms with E-state index in [1.54, 1.807) is 23.8 Å². The summed E-state index contributed by atoms with van der Waals surface area (Å²) in [6.07, 6.45) is 0.858. The highest BCUT2D eigenvalue weighted by Gasteiger charge is 2.23. The van der Waals surface area contributed by atoms with Crippen molar-refractivity contribution in [2.45, 2.75) is 26.4 Å². The minimum absolute atomic E-state index is 0.228. The molecule has 6 heteroatoms. The number of hydrogen-bond donors (Lipinski definition) is 2. The predicted octanol–water partition coefficient (Wildman–Crippen LogP) is 5.18. The number of nitrogens with one attached hydrogen (secondary N) is 1. The highest BCUT2D eigenvalue weighted by Crippen LogP contribution is 2.30. The number of aromatic carboxylic acids is 1. The summed E-state index contributed by atoms with van der Waals surface area (Å²) in [5.74, 6) is -0.672. The normalized spacial score (nSPS) is 11.1. The van der Waals surface area contributed by atoms with Crippen molar-refractivity contribution in [1.29, 1.82) is 0 Å². The maximum atomic E-state index is 13.4. The molecule has 0 fully saturated rings. The summed E-state index contributed by atoms with van der Waals surface area (Å²) < 4.78 is 20.5. The van der Waals surface area contributed by atoms with Crippen LogP contribution in [-0.2, 0) is 19.5 Å². The summed E-state index contributed by atoms with van der Waals surface area (Å²) in [4.78, 5) is 12.4. The lowest BCUT2D eigenvalue weighted by atomic mass is 10.1. The van der Waals surface area contributed by atoms with Gasteiger partial charge in [-0.25, -0.2) is 9.18 Å². The van der Waals surface area contributed by atoms with Crippen LogP contribution in [0.15, 0.2) is 66.7 Å². The van der Waals surface area contributed by atoms with E-state index in [1.807, 2.05) is 30.3 Å². The molecule has 2 N–H and O–H groups in total. The molecule has 5 nitrogen and oxygen atoms in total. The van der Waals surface area contributed by atoms with Gasteiger partial charge in [0.1, 0.15) is 17.3 Å². The lowest BCUT2D eigenvalue weighted by Crippen LogP contribution is -2.19. The predicted molar refractivity (Wildman–Crippen MR) is 128 cm³/mol. The van der Waals surface area contributed by atoms with Gasteiger partial charge >= 0.3 is 5.97 Å². The molecule has 0 bridgehead atoms. The Morgan fingerprint density at radius 2 is 1.85 bits per heavy atom. The van der Waals surface area contributed by atoms with E-state index in [2.05, 4.69) is 24.4 Å². The first kappa shape index (κ1) is 22.6. The van der Waals surface area contributed by atoms with Crippen LogP contribution >= 0.6 is 0 Å². The number of fused-ring (bicyclic) bond motifs is 1. The molecule has 33 heavy (non-hydrogen) atoms. The maximum absolute atomic E-state index is 13.4. The lowest BCUT2D eigenvalue weighted by Gasteiger charge is -2.11. The number of methoxy groups -OCH3 is 1. The minimum Gasteiger partial charge on any atom is -0.497 e. The quantitative estimate of drug-likeness (QED) is 0.348. The number of carboxylic acid groups (broad SMARTS) is 1. The third-order valence-corrected chi connectivity index (χ3v) is 5.97. The largest absolute Gasteiger partial charge is 0.497 e. The van der Waals surface area contributed by atoms with Gasteiger partial charge in [-0.05, 0) is 60.8 Å². The first-order valence-corrected chi connectivity index (χ1v) is 10.9. The summed E-state index contributed by atoms with van der Waals surface area (Å²) >= 11 is 0. The molecule has 0 saturated heterocycles. The zero-order chi connectivity index (χ0) is 23.4. The molecule has 0 aliphatic heterocycles. The molecular weight excluding hydrogens is 419 g/mol. The fraction of sp³-hybridized carbons (Fsp3) is 0.222. The second-order valence-corrected chi connectivity index (χ2v) is 8.08. The number of rotatable bonds is 9. The minimum atomic E-state index is -0.997. The zero-order valence-electron chi connectivity index (χ0n) is 18.8. The number of aryl methyl sites for hydroxylation is 1. The van der Waals surface area contributed by atoms with Crippen LogP contribution in [0, 0.1) is 12.7 Å². The SMILES string of the molecule is COc1ccc2c(CNCCc3ccccc3C)c(C(=O)O)n(Cc3ccc(F)cc3)c2c1. The lowest BCUT2D eigenvalue weighted by molar-refractivity contribution is 0.0684. The number of benzene rings is 3. The second-order valence-electron chi connectivity index (χ2n) is 8.08. The Kier molecular flexibility index (Phi) is 6.75. The van der Waals surface area contributed by atoms with Crippen LogP contribution in [-0.4, -0.2) is 29.3 Å². The molecule has 0 amide bonds. The summed E-state index contributed by atoms with van der Waals surface area (Å²) in [6, 6.07) is 20.0. The monoisotopic (exact) mass is 446 g/mol. The Hall–Kier alpha value is -3.64. The molecule has 0 aliphatic rings. The zero-order valence-corrected chi connectivity index (χ0v) is 18.8. The summed E-state index contributed by atoms with van der Waals surface area (Å²) in [7, 11) is 1.58. The third kappa shape index (κ3) is 4.91. The van der Waals surface area contributed by atoms with Crippen LogP contribution in [0.25, 0.3) is 10.9 Å². The number of nitrogens with zero attached hydrogens (tertiary/aromatic N) is 1. The number of carboxylic acids is 1. The van der Waals surface area contributed by atoms with Gasteiger partial charge in [0, 0.05) is 30.1 Å². The molecular formula is C27H27FN2O3. The van der Waals surface area contributed by atoms with E-state index in [9.17, 15) is 14.3 Å². The molecule has 3 aromatic carbocycles. The Balaban J connectivity index is 1.67. The van der Waals surface area contributed by atoms with Crippen molar-refractivity contribution in [3.8, 4) is 5.75 Å². The van der Waals surface area contributed by atoms with Gasteiger partial charge in [0.15, 0.2) is 0 Å². The van der Waals surface area contributed by atoms with E-state index >= 15 is 0 Å². The first-order valence-electron chi connectivity index (χ1n) is 10.9. The molecule has 0 atom stereocenters. The molecule has 0 radical (unpaired) electrons. The van der Waals surface area contributed by atoms with Crippen LogP contribution in [0.4, 0.5) is 4.39 Å². The first-order chi connectivity index (χ1) is 16.0. The topological polar surface area (TPSA) is 63.5 Å². The van der Waals surface area contributed by atoms with Gasteiger partial charge in [-0.2, -0.15) is 0 Å². The Labute approximate surface area is 192 Å².